The third-order valence-corrected chi connectivity index (χ3v) is 6.12. The first-order valence-electron chi connectivity index (χ1n) is 6.04. The molecule has 1 N–H and O–H groups in total. The van der Waals surface area contributed by atoms with E-state index in [2.05, 4.69) is 0 Å². The van der Waals surface area contributed by atoms with Crippen LogP contribution in [0.1, 0.15) is 19.3 Å². The fraction of sp³-hybridized carbons (Fsp3) is 0.417. The van der Waals surface area contributed by atoms with Crippen LogP contribution in [0.4, 0.5) is 0 Å². The minimum Gasteiger partial charge on any atom is -0.480 e. The first-order chi connectivity index (χ1) is 9.35. The SMILES string of the molecule is O=C(O)C1CCCCN1S(=O)(=O)c1cccc(Cl)c1Cl. The van der Waals surface area contributed by atoms with Gasteiger partial charge in [-0.15, -0.1) is 0 Å². The van der Waals surface area contributed by atoms with Crippen LogP contribution < -0.4 is 0 Å². The third-order valence-electron chi connectivity index (χ3n) is 3.24. The number of halogens is 2. The number of aliphatic carboxylic acids is 1. The van der Waals surface area contributed by atoms with E-state index >= 15 is 0 Å². The fourth-order valence-electron chi connectivity index (χ4n) is 2.25. The lowest BCUT2D eigenvalue weighted by Gasteiger charge is -2.32. The summed E-state index contributed by atoms with van der Waals surface area (Å²) in [4.78, 5) is 11.1. The van der Waals surface area contributed by atoms with Gasteiger partial charge in [-0.1, -0.05) is 29.3 Å². The van der Waals surface area contributed by atoms with Crippen LogP contribution in [0.5, 0.6) is 0 Å². The zero-order chi connectivity index (χ0) is 14.9. The van der Waals surface area contributed by atoms with Crippen molar-refractivity contribution in [3.05, 3.63) is 28.2 Å². The number of hydrogen-bond donors (Lipinski definition) is 1. The molecule has 0 aromatic heterocycles. The van der Waals surface area contributed by atoms with E-state index in [0.29, 0.717) is 19.3 Å². The zero-order valence-corrected chi connectivity index (χ0v) is 12.7. The summed E-state index contributed by atoms with van der Waals surface area (Å²) in [6.07, 6.45) is 1.61. The maximum atomic E-state index is 12.6. The largest absolute Gasteiger partial charge is 0.480 e. The quantitative estimate of drug-likeness (QED) is 0.919. The highest BCUT2D eigenvalue weighted by molar-refractivity contribution is 7.89. The summed E-state index contributed by atoms with van der Waals surface area (Å²) in [7, 11) is -3.97. The van der Waals surface area contributed by atoms with Gasteiger partial charge in [-0.25, -0.2) is 8.42 Å². The van der Waals surface area contributed by atoms with E-state index in [1.165, 1.54) is 18.2 Å². The number of rotatable bonds is 3. The molecule has 5 nitrogen and oxygen atoms in total. The Hall–Kier alpha value is -0.820. The summed E-state index contributed by atoms with van der Waals surface area (Å²) < 4.78 is 26.2. The van der Waals surface area contributed by atoms with Gasteiger partial charge < -0.3 is 5.11 Å². The molecule has 2 rings (SSSR count). The Bertz CT molecular complexity index is 632. The van der Waals surface area contributed by atoms with Gasteiger partial charge in [0, 0.05) is 6.54 Å². The second-order valence-corrected chi connectivity index (χ2v) is 7.16. The molecule has 1 aromatic carbocycles. The van der Waals surface area contributed by atoms with Crippen LogP contribution in [-0.4, -0.2) is 36.4 Å². The smallest absolute Gasteiger partial charge is 0.322 e. The minimum absolute atomic E-state index is 0.0797. The Morgan fingerprint density at radius 1 is 1.30 bits per heavy atom. The first-order valence-corrected chi connectivity index (χ1v) is 8.24. The molecule has 0 bridgehead atoms. The van der Waals surface area contributed by atoms with Crippen LogP contribution in [0.2, 0.25) is 10.0 Å². The van der Waals surface area contributed by atoms with Crippen molar-refractivity contribution >= 4 is 39.2 Å². The van der Waals surface area contributed by atoms with Crippen LogP contribution in [0.25, 0.3) is 0 Å². The maximum absolute atomic E-state index is 12.6. The standard InChI is InChI=1S/C12H13Cl2NO4S/c13-8-4-3-6-10(11(8)14)20(18,19)15-7-2-1-5-9(15)12(16)17/h3-4,6,9H,1-2,5,7H2,(H,16,17). The molecule has 0 radical (unpaired) electrons. The average Bonchev–Trinajstić information content (AvgIpc) is 2.41. The predicted molar refractivity (Wildman–Crippen MR) is 75.6 cm³/mol. The first kappa shape index (κ1) is 15.6. The van der Waals surface area contributed by atoms with Gasteiger partial charge >= 0.3 is 5.97 Å². The molecule has 20 heavy (non-hydrogen) atoms. The lowest BCUT2D eigenvalue weighted by atomic mass is 10.1. The van der Waals surface area contributed by atoms with Crippen LogP contribution in [0.15, 0.2) is 23.1 Å². The summed E-state index contributed by atoms with van der Waals surface area (Å²) in [6.45, 7) is 0.169. The van der Waals surface area contributed by atoms with E-state index in [1.54, 1.807) is 0 Å². The Morgan fingerprint density at radius 3 is 2.65 bits per heavy atom. The summed E-state index contributed by atoms with van der Waals surface area (Å²) in [6, 6.07) is 3.23. The van der Waals surface area contributed by atoms with E-state index in [9.17, 15) is 18.3 Å². The van der Waals surface area contributed by atoms with Crippen molar-refractivity contribution in [1.82, 2.24) is 4.31 Å². The van der Waals surface area contributed by atoms with E-state index in [1.807, 2.05) is 0 Å². The van der Waals surface area contributed by atoms with Crippen LogP contribution in [0.3, 0.4) is 0 Å². The maximum Gasteiger partial charge on any atom is 0.322 e. The fourth-order valence-corrected chi connectivity index (χ4v) is 4.64. The Balaban J connectivity index is 2.48. The summed E-state index contributed by atoms with van der Waals surface area (Å²) in [5, 5.41) is 9.22. The van der Waals surface area contributed by atoms with Gasteiger partial charge in [0.1, 0.15) is 10.9 Å². The molecule has 8 heteroatoms. The number of carbonyl (C=O) groups is 1. The van der Waals surface area contributed by atoms with Crippen molar-refractivity contribution < 1.29 is 18.3 Å². The average molecular weight is 338 g/mol. The van der Waals surface area contributed by atoms with Crippen molar-refractivity contribution in [3.8, 4) is 0 Å². The van der Waals surface area contributed by atoms with E-state index in [-0.39, 0.29) is 21.5 Å². The second-order valence-electron chi connectivity index (χ2n) is 4.52. The minimum atomic E-state index is -3.97. The molecule has 110 valence electrons. The molecule has 1 aromatic rings. The molecule has 1 saturated heterocycles. The number of carboxylic acids is 1. The summed E-state index contributed by atoms with van der Waals surface area (Å²) >= 11 is 11.8. The monoisotopic (exact) mass is 337 g/mol. The van der Waals surface area contributed by atoms with Crippen LogP contribution in [0, 0.1) is 0 Å². The molecule has 1 atom stereocenters. The van der Waals surface area contributed by atoms with Crippen molar-refractivity contribution in [2.75, 3.05) is 6.54 Å². The van der Waals surface area contributed by atoms with E-state index in [4.69, 9.17) is 23.2 Å². The van der Waals surface area contributed by atoms with Gasteiger partial charge in [0.2, 0.25) is 10.0 Å². The highest BCUT2D eigenvalue weighted by atomic mass is 35.5. The van der Waals surface area contributed by atoms with Gasteiger partial charge in [-0.3, -0.25) is 4.79 Å². The topological polar surface area (TPSA) is 74.7 Å². The molecule has 1 aliphatic heterocycles. The third kappa shape index (κ3) is 2.79. The number of hydrogen-bond acceptors (Lipinski definition) is 3. The van der Waals surface area contributed by atoms with E-state index < -0.39 is 22.0 Å². The van der Waals surface area contributed by atoms with Crippen molar-refractivity contribution in [3.63, 3.8) is 0 Å². The zero-order valence-electron chi connectivity index (χ0n) is 10.4. The van der Waals surface area contributed by atoms with Crippen molar-refractivity contribution in [2.45, 2.75) is 30.2 Å². The Kier molecular flexibility index (Phi) is 4.59. The highest BCUT2D eigenvalue weighted by Crippen LogP contribution is 2.33. The lowest BCUT2D eigenvalue weighted by Crippen LogP contribution is -2.47. The van der Waals surface area contributed by atoms with Crippen molar-refractivity contribution in [1.29, 1.82) is 0 Å². The lowest BCUT2D eigenvalue weighted by molar-refractivity contribution is -0.142. The van der Waals surface area contributed by atoms with Crippen LogP contribution in [-0.2, 0) is 14.8 Å². The molecule has 1 heterocycles. The molecule has 1 aliphatic rings. The molecular weight excluding hydrogens is 325 g/mol. The van der Waals surface area contributed by atoms with Gasteiger partial charge in [0.15, 0.2) is 0 Å². The predicted octanol–water partition coefficient (Wildman–Crippen LogP) is 2.62. The number of piperidine rings is 1. The van der Waals surface area contributed by atoms with Gasteiger partial charge in [0.05, 0.1) is 10.0 Å². The molecule has 0 spiro atoms. The molecular formula is C12H13Cl2NO4S. The number of sulfonamides is 1. The number of benzene rings is 1. The Labute approximate surface area is 127 Å². The number of nitrogens with zero attached hydrogens (tertiary/aromatic N) is 1. The van der Waals surface area contributed by atoms with Crippen LogP contribution >= 0.6 is 23.2 Å². The van der Waals surface area contributed by atoms with Gasteiger partial charge in [-0.2, -0.15) is 4.31 Å². The Morgan fingerprint density at radius 2 is 2.00 bits per heavy atom. The van der Waals surface area contributed by atoms with E-state index in [0.717, 1.165) is 4.31 Å². The summed E-state index contributed by atoms with van der Waals surface area (Å²) in [5.74, 6) is -1.15. The highest BCUT2D eigenvalue weighted by Gasteiger charge is 2.38. The summed E-state index contributed by atoms with van der Waals surface area (Å²) in [5.41, 5.74) is 0. The van der Waals surface area contributed by atoms with Gasteiger partial charge in [-0.05, 0) is 31.4 Å². The van der Waals surface area contributed by atoms with Gasteiger partial charge in [0.25, 0.3) is 0 Å². The number of carboxylic acid groups (broad SMARTS) is 1. The molecule has 0 amide bonds. The second kappa shape index (κ2) is 5.89. The normalized spacial score (nSPS) is 20.8. The molecule has 1 unspecified atom stereocenters. The van der Waals surface area contributed by atoms with Crippen molar-refractivity contribution in [2.24, 2.45) is 0 Å². The molecule has 0 aliphatic carbocycles. The molecule has 0 saturated carbocycles. The molecule has 1 fully saturated rings.